The molecule has 3 rings (SSSR count). The molecule has 1 aromatic carbocycles. The molecule has 0 aromatic heterocycles. The maximum absolute atomic E-state index is 12.4. The lowest BCUT2D eigenvalue weighted by Crippen LogP contribution is -2.34. The van der Waals surface area contributed by atoms with E-state index in [-0.39, 0.29) is 11.8 Å². The highest BCUT2D eigenvalue weighted by atomic mass is 16.1. The lowest BCUT2D eigenvalue weighted by atomic mass is 9.82. The van der Waals surface area contributed by atoms with Crippen molar-refractivity contribution >= 4 is 5.91 Å². The molecule has 2 atom stereocenters. The van der Waals surface area contributed by atoms with Crippen molar-refractivity contribution in [2.45, 2.75) is 50.5 Å². The Morgan fingerprint density at radius 3 is 3.00 bits per heavy atom. The Hall–Kier alpha value is -1.35. The molecule has 2 N–H and O–H groups in total. The zero-order valence-electron chi connectivity index (χ0n) is 12.0. The van der Waals surface area contributed by atoms with Gasteiger partial charge in [-0.25, -0.2) is 0 Å². The summed E-state index contributed by atoms with van der Waals surface area (Å²) < 4.78 is 0. The minimum absolute atomic E-state index is 0.0662. The summed E-state index contributed by atoms with van der Waals surface area (Å²) in [5.41, 5.74) is 2.60. The van der Waals surface area contributed by atoms with Gasteiger partial charge in [0.15, 0.2) is 0 Å². The molecule has 3 nitrogen and oxygen atoms in total. The zero-order valence-corrected chi connectivity index (χ0v) is 12.0. The van der Waals surface area contributed by atoms with Crippen LogP contribution in [0.25, 0.3) is 0 Å². The van der Waals surface area contributed by atoms with Gasteiger partial charge in [0.25, 0.3) is 0 Å². The van der Waals surface area contributed by atoms with Gasteiger partial charge in [0.1, 0.15) is 0 Å². The molecule has 2 unspecified atom stereocenters. The summed E-state index contributed by atoms with van der Waals surface area (Å²) in [6.45, 7) is 1.93. The van der Waals surface area contributed by atoms with Crippen LogP contribution in [-0.2, 0) is 11.2 Å². The van der Waals surface area contributed by atoms with E-state index in [9.17, 15) is 4.79 Å². The smallest absolute Gasteiger partial charge is 0.227 e. The Kier molecular flexibility index (Phi) is 4.36. The largest absolute Gasteiger partial charge is 0.356 e. The highest BCUT2D eigenvalue weighted by molar-refractivity contribution is 5.84. The Bertz CT molecular complexity index is 466. The molecule has 0 radical (unpaired) electrons. The Labute approximate surface area is 121 Å². The van der Waals surface area contributed by atoms with Gasteiger partial charge >= 0.3 is 0 Å². The number of aryl methyl sites for hydroxylation is 1. The van der Waals surface area contributed by atoms with Crippen LogP contribution in [0.1, 0.15) is 49.1 Å². The van der Waals surface area contributed by atoms with Gasteiger partial charge in [-0.1, -0.05) is 24.3 Å². The second-order valence-electron chi connectivity index (χ2n) is 6.02. The highest BCUT2D eigenvalue weighted by Gasteiger charge is 2.26. The number of nitrogens with one attached hydrogen (secondary N) is 2. The van der Waals surface area contributed by atoms with Crippen molar-refractivity contribution in [2.75, 3.05) is 13.1 Å². The summed E-state index contributed by atoms with van der Waals surface area (Å²) in [5, 5.41) is 6.62. The zero-order chi connectivity index (χ0) is 13.8. The van der Waals surface area contributed by atoms with Gasteiger partial charge < -0.3 is 10.6 Å². The first-order valence-corrected chi connectivity index (χ1v) is 7.93. The second-order valence-corrected chi connectivity index (χ2v) is 6.02. The molecule has 2 aliphatic rings. The molecule has 1 heterocycles. The van der Waals surface area contributed by atoms with E-state index in [1.807, 2.05) is 6.07 Å². The third-order valence-corrected chi connectivity index (χ3v) is 4.64. The number of hydrogen-bond acceptors (Lipinski definition) is 2. The number of carbonyl (C=O) groups excluding carboxylic acids is 1. The average Bonchev–Trinajstić information content (AvgIpc) is 3.00. The molecule has 108 valence electrons. The molecule has 0 saturated carbocycles. The molecule has 1 amide bonds. The summed E-state index contributed by atoms with van der Waals surface area (Å²) in [6, 6.07) is 9.01. The fourth-order valence-corrected chi connectivity index (χ4v) is 3.52. The van der Waals surface area contributed by atoms with E-state index >= 15 is 0 Å². The maximum atomic E-state index is 12.4. The van der Waals surface area contributed by atoms with Crippen molar-refractivity contribution in [3.8, 4) is 0 Å². The fourth-order valence-electron chi connectivity index (χ4n) is 3.52. The van der Waals surface area contributed by atoms with E-state index < -0.39 is 0 Å². The van der Waals surface area contributed by atoms with Crippen LogP contribution in [-0.4, -0.2) is 25.0 Å². The Morgan fingerprint density at radius 1 is 1.25 bits per heavy atom. The van der Waals surface area contributed by atoms with Crippen LogP contribution in [0, 0.1) is 0 Å². The number of fused-ring (bicyclic) bond motifs is 1. The number of carbonyl (C=O) groups is 1. The van der Waals surface area contributed by atoms with Crippen molar-refractivity contribution in [1.29, 1.82) is 0 Å². The standard InChI is InChI=1S/C17H24N2O/c20-17(19-12-10-14-7-4-11-18-14)16-9-3-6-13-5-1-2-8-15(13)16/h1-2,5,8,14,16,18H,3-4,6-7,9-12H2,(H,19,20). The molecule has 1 saturated heterocycles. The molecule has 0 bridgehead atoms. The number of amides is 1. The summed E-state index contributed by atoms with van der Waals surface area (Å²) in [4.78, 5) is 12.4. The first kappa shape index (κ1) is 13.6. The van der Waals surface area contributed by atoms with Crippen LogP contribution < -0.4 is 10.6 Å². The van der Waals surface area contributed by atoms with Gasteiger partial charge in [-0.2, -0.15) is 0 Å². The number of hydrogen-bond donors (Lipinski definition) is 2. The molecule has 1 aliphatic heterocycles. The predicted octanol–water partition coefficient (Wildman–Crippen LogP) is 2.36. The average molecular weight is 272 g/mol. The van der Waals surface area contributed by atoms with Gasteiger partial charge in [-0.3, -0.25) is 4.79 Å². The molecule has 20 heavy (non-hydrogen) atoms. The molecule has 1 fully saturated rings. The van der Waals surface area contributed by atoms with Gasteiger partial charge in [0, 0.05) is 12.6 Å². The van der Waals surface area contributed by atoms with Crippen LogP contribution in [0.4, 0.5) is 0 Å². The summed E-state index contributed by atoms with van der Waals surface area (Å²) in [7, 11) is 0. The van der Waals surface area contributed by atoms with Crippen molar-refractivity contribution < 1.29 is 4.79 Å². The van der Waals surface area contributed by atoms with Crippen molar-refractivity contribution in [1.82, 2.24) is 10.6 Å². The Balaban J connectivity index is 1.55. The SMILES string of the molecule is O=C(NCCC1CCCN1)C1CCCc2ccccc21. The van der Waals surface area contributed by atoms with Crippen molar-refractivity contribution in [2.24, 2.45) is 0 Å². The third kappa shape index (κ3) is 3.04. The van der Waals surface area contributed by atoms with Crippen LogP contribution in [0.5, 0.6) is 0 Å². The number of rotatable bonds is 4. The van der Waals surface area contributed by atoms with Gasteiger partial charge in [0.05, 0.1) is 5.92 Å². The van der Waals surface area contributed by atoms with E-state index in [0.29, 0.717) is 6.04 Å². The highest BCUT2D eigenvalue weighted by Crippen LogP contribution is 2.31. The molecule has 1 aliphatic carbocycles. The van der Waals surface area contributed by atoms with Crippen molar-refractivity contribution in [3.63, 3.8) is 0 Å². The minimum Gasteiger partial charge on any atom is -0.356 e. The first-order valence-electron chi connectivity index (χ1n) is 7.93. The second kappa shape index (κ2) is 6.40. The summed E-state index contributed by atoms with van der Waals surface area (Å²) in [6.07, 6.45) is 6.81. The summed E-state index contributed by atoms with van der Waals surface area (Å²) in [5.74, 6) is 0.284. The van der Waals surface area contributed by atoms with Gasteiger partial charge in [-0.15, -0.1) is 0 Å². The fraction of sp³-hybridized carbons (Fsp3) is 0.588. The third-order valence-electron chi connectivity index (χ3n) is 4.64. The van der Waals surface area contributed by atoms with E-state index in [4.69, 9.17) is 0 Å². The summed E-state index contributed by atoms with van der Waals surface area (Å²) >= 11 is 0. The van der Waals surface area contributed by atoms with Crippen LogP contribution >= 0.6 is 0 Å². The first-order chi connectivity index (χ1) is 9.84. The molecule has 3 heteroatoms. The predicted molar refractivity (Wildman–Crippen MR) is 80.8 cm³/mol. The minimum atomic E-state index is 0.0662. The van der Waals surface area contributed by atoms with E-state index in [1.165, 1.54) is 24.0 Å². The number of benzene rings is 1. The maximum Gasteiger partial charge on any atom is 0.227 e. The molecular formula is C17H24N2O. The molecular weight excluding hydrogens is 248 g/mol. The Morgan fingerprint density at radius 2 is 2.15 bits per heavy atom. The van der Waals surface area contributed by atoms with E-state index in [2.05, 4.69) is 28.8 Å². The molecule has 0 spiro atoms. The quantitative estimate of drug-likeness (QED) is 0.883. The molecule has 1 aromatic rings. The van der Waals surface area contributed by atoms with Gasteiger partial charge in [-0.05, 0) is 56.2 Å². The van der Waals surface area contributed by atoms with Crippen LogP contribution in [0.3, 0.4) is 0 Å². The lowest BCUT2D eigenvalue weighted by molar-refractivity contribution is -0.122. The van der Waals surface area contributed by atoms with E-state index in [0.717, 1.165) is 38.8 Å². The van der Waals surface area contributed by atoms with Gasteiger partial charge in [0.2, 0.25) is 5.91 Å². The topological polar surface area (TPSA) is 41.1 Å². The van der Waals surface area contributed by atoms with Crippen LogP contribution in [0.2, 0.25) is 0 Å². The van der Waals surface area contributed by atoms with Crippen molar-refractivity contribution in [3.05, 3.63) is 35.4 Å². The van der Waals surface area contributed by atoms with E-state index in [1.54, 1.807) is 0 Å². The normalized spacial score (nSPS) is 25.2. The van der Waals surface area contributed by atoms with Crippen LogP contribution in [0.15, 0.2) is 24.3 Å². The monoisotopic (exact) mass is 272 g/mol. The lowest BCUT2D eigenvalue weighted by Gasteiger charge is -2.24.